The van der Waals surface area contributed by atoms with Crippen molar-refractivity contribution in [3.8, 4) is 0 Å². The van der Waals surface area contributed by atoms with Crippen molar-refractivity contribution in [3.63, 3.8) is 0 Å². The average molecular weight is 217 g/mol. The lowest BCUT2D eigenvalue weighted by Gasteiger charge is -2.12. The van der Waals surface area contributed by atoms with E-state index in [-0.39, 0.29) is 0 Å². The lowest BCUT2D eigenvalue weighted by molar-refractivity contribution is 0.523. The topological polar surface area (TPSA) is 29.9 Å². The van der Waals surface area contributed by atoms with Crippen LogP contribution >= 0.6 is 0 Å². The molecule has 3 heteroatoms. The number of benzene rings is 1. The molecule has 2 aromatic rings. The van der Waals surface area contributed by atoms with Crippen molar-refractivity contribution in [2.75, 3.05) is 7.05 Å². The number of para-hydroxylation sites is 1. The Hall–Kier alpha value is -1.35. The third-order valence-corrected chi connectivity index (χ3v) is 3.04. The van der Waals surface area contributed by atoms with Gasteiger partial charge in [0, 0.05) is 12.4 Å². The van der Waals surface area contributed by atoms with Crippen molar-refractivity contribution in [2.24, 2.45) is 7.05 Å². The first-order valence-corrected chi connectivity index (χ1v) is 5.86. The molecule has 0 aliphatic heterocycles. The predicted molar refractivity (Wildman–Crippen MR) is 67.4 cm³/mol. The van der Waals surface area contributed by atoms with Gasteiger partial charge < -0.3 is 5.32 Å². The molecule has 86 valence electrons. The molecular weight excluding hydrogens is 198 g/mol. The molecule has 1 N–H and O–H groups in total. The van der Waals surface area contributed by atoms with Gasteiger partial charge in [-0.3, -0.25) is 4.68 Å². The number of fused-ring (bicyclic) bond motifs is 1. The van der Waals surface area contributed by atoms with E-state index in [1.807, 2.05) is 18.8 Å². The smallest absolute Gasteiger partial charge is 0.0872 e. The number of nitrogens with zero attached hydrogens (tertiary/aromatic N) is 2. The van der Waals surface area contributed by atoms with Gasteiger partial charge in [0.2, 0.25) is 0 Å². The second kappa shape index (κ2) is 4.66. The normalized spacial score (nSPS) is 13.2. The fourth-order valence-corrected chi connectivity index (χ4v) is 2.21. The fourth-order valence-electron chi connectivity index (χ4n) is 2.21. The summed E-state index contributed by atoms with van der Waals surface area (Å²) in [5.74, 6) is 0. The Morgan fingerprint density at radius 2 is 2.12 bits per heavy atom. The van der Waals surface area contributed by atoms with Gasteiger partial charge in [-0.2, -0.15) is 5.10 Å². The van der Waals surface area contributed by atoms with Crippen LogP contribution in [0.4, 0.5) is 0 Å². The summed E-state index contributed by atoms with van der Waals surface area (Å²) in [5, 5.41) is 9.24. The van der Waals surface area contributed by atoms with Crippen molar-refractivity contribution in [1.82, 2.24) is 15.1 Å². The number of hydrogen-bond donors (Lipinski definition) is 1. The first-order chi connectivity index (χ1) is 7.77. The maximum atomic E-state index is 4.63. The van der Waals surface area contributed by atoms with Crippen molar-refractivity contribution < 1.29 is 0 Å². The molecule has 0 saturated carbocycles. The van der Waals surface area contributed by atoms with Gasteiger partial charge in [0.1, 0.15) is 0 Å². The molecule has 0 amide bonds. The summed E-state index contributed by atoms with van der Waals surface area (Å²) in [6.07, 6.45) is 2.29. The van der Waals surface area contributed by atoms with E-state index in [0.717, 1.165) is 12.8 Å². The Morgan fingerprint density at radius 1 is 1.38 bits per heavy atom. The number of nitrogens with one attached hydrogen (secondary N) is 1. The molecule has 1 heterocycles. The van der Waals surface area contributed by atoms with Gasteiger partial charge in [-0.1, -0.05) is 31.5 Å². The Bertz CT molecular complexity index is 473. The minimum Gasteiger partial charge on any atom is -0.312 e. The maximum absolute atomic E-state index is 4.63. The summed E-state index contributed by atoms with van der Waals surface area (Å²) < 4.78 is 1.96. The number of aryl methyl sites for hydroxylation is 1. The minimum atomic E-state index is 0.357. The first-order valence-electron chi connectivity index (χ1n) is 5.86. The van der Waals surface area contributed by atoms with Gasteiger partial charge in [-0.15, -0.1) is 0 Å². The molecule has 0 aliphatic carbocycles. The highest BCUT2D eigenvalue weighted by Gasteiger charge is 2.16. The maximum Gasteiger partial charge on any atom is 0.0872 e. The van der Waals surface area contributed by atoms with Crippen LogP contribution in [0.25, 0.3) is 10.9 Å². The van der Waals surface area contributed by atoms with Crippen LogP contribution in [0.5, 0.6) is 0 Å². The summed E-state index contributed by atoms with van der Waals surface area (Å²) in [4.78, 5) is 0. The van der Waals surface area contributed by atoms with E-state index >= 15 is 0 Å². The monoisotopic (exact) mass is 217 g/mol. The van der Waals surface area contributed by atoms with Crippen LogP contribution in [0.3, 0.4) is 0 Å². The zero-order valence-electron chi connectivity index (χ0n) is 10.2. The molecule has 0 aliphatic rings. The third kappa shape index (κ3) is 1.83. The van der Waals surface area contributed by atoms with Crippen LogP contribution in [0.15, 0.2) is 24.3 Å². The quantitative estimate of drug-likeness (QED) is 0.853. The number of hydrogen-bond acceptors (Lipinski definition) is 2. The van der Waals surface area contributed by atoms with Gasteiger partial charge in [-0.25, -0.2) is 0 Å². The highest BCUT2D eigenvalue weighted by atomic mass is 15.3. The zero-order chi connectivity index (χ0) is 11.5. The van der Waals surface area contributed by atoms with E-state index in [0.29, 0.717) is 6.04 Å². The average Bonchev–Trinajstić information content (AvgIpc) is 2.65. The summed E-state index contributed by atoms with van der Waals surface area (Å²) in [6.45, 7) is 2.20. The molecule has 0 radical (unpaired) electrons. The van der Waals surface area contributed by atoms with Crippen molar-refractivity contribution in [2.45, 2.75) is 25.8 Å². The summed E-state index contributed by atoms with van der Waals surface area (Å²) in [5.41, 5.74) is 2.37. The predicted octanol–water partition coefficient (Wildman–Crippen LogP) is 2.63. The highest BCUT2D eigenvalue weighted by Crippen LogP contribution is 2.25. The molecule has 1 aromatic carbocycles. The summed E-state index contributed by atoms with van der Waals surface area (Å²) >= 11 is 0. The van der Waals surface area contributed by atoms with Gasteiger partial charge in [-0.05, 0) is 19.5 Å². The lowest BCUT2D eigenvalue weighted by atomic mass is 10.1. The second-order valence-corrected chi connectivity index (χ2v) is 4.16. The van der Waals surface area contributed by atoms with E-state index in [1.165, 1.54) is 16.6 Å². The Morgan fingerprint density at radius 3 is 2.81 bits per heavy atom. The van der Waals surface area contributed by atoms with E-state index < -0.39 is 0 Å². The van der Waals surface area contributed by atoms with Gasteiger partial charge in [0.15, 0.2) is 0 Å². The van der Waals surface area contributed by atoms with Crippen molar-refractivity contribution in [1.29, 1.82) is 0 Å². The zero-order valence-corrected chi connectivity index (χ0v) is 10.2. The molecule has 16 heavy (non-hydrogen) atoms. The van der Waals surface area contributed by atoms with E-state index in [2.05, 4.69) is 41.6 Å². The molecule has 0 fully saturated rings. The number of rotatable bonds is 4. The van der Waals surface area contributed by atoms with Gasteiger partial charge >= 0.3 is 0 Å². The molecule has 0 spiro atoms. The Kier molecular flexibility index (Phi) is 3.25. The molecule has 0 saturated heterocycles. The molecule has 0 bridgehead atoms. The summed E-state index contributed by atoms with van der Waals surface area (Å²) in [7, 11) is 4.01. The molecular formula is C13H19N3. The van der Waals surface area contributed by atoms with Crippen LogP contribution in [0, 0.1) is 0 Å². The van der Waals surface area contributed by atoms with Crippen molar-refractivity contribution >= 4 is 10.9 Å². The third-order valence-electron chi connectivity index (χ3n) is 3.04. The van der Waals surface area contributed by atoms with E-state index in [1.54, 1.807) is 0 Å². The van der Waals surface area contributed by atoms with E-state index in [4.69, 9.17) is 0 Å². The molecule has 1 atom stereocenters. The van der Waals surface area contributed by atoms with Crippen molar-refractivity contribution in [3.05, 3.63) is 30.0 Å². The highest BCUT2D eigenvalue weighted by molar-refractivity contribution is 5.82. The molecule has 1 aromatic heterocycles. The number of aromatic nitrogens is 2. The van der Waals surface area contributed by atoms with Crippen LogP contribution in [-0.4, -0.2) is 16.8 Å². The Labute approximate surface area is 96.5 Å². The van der Waals surface area contributed by atoms with Crippen LogP contribution in [0.1, 0.15) is 31.5 Å². The lowest BCUT2D eigenvalue weighted by Crippen LogP contribution is -2.17. The largest absolute Gasteiger partial charge is 0.312 e. The minimum absolute atomic E-state index is 0.357. The van der Waals surface area contributed by atoms with E-state index in [9.17, 15) is 0 Å². The van der Waals surface area contributed by atoms with Gasteiger partial charge in [0.05, 0.1) is 17.3 Å². The second-order valence-electron chi connectivity index (χ2n) is 4.16. The summed E-state index contributed by atoms with van der Waals surface area (Å²) in [6, 6.07) is 8.76. The molecule has 2 rings (SSSR count). The fraction of sp³-hybridized carbons (Fsp3) is 0.462. The van der Waals surface area contributed by atoms with Crippen LogP contribution in [0.2, 0.25) is 0 Å². The Balaban J connectivity index is 2.51. The SMILES string of the molecule is CCCC(NC)c1nn(C)c2ccccc12. The van der Waals surface area contributed by atoms with Crippen LogP contribution < -0.4 is 5.32 Å². The molecule has 1 unspecified atom stereocenters. The standard InChI is InChI=1S/C13H19N3/c1-4-7-11(14-2)13-10-8-5-6-9-12(10)16(3)15-13/h5-6,8-9,11,14H,4,7H2,1-3H3. The first kappa shape index (κ1) is 11.1. The molecule has 3 nitrogen and oxygen atoms in total. The van der Waals surface area contributed by atoms with Crippen LogP contribution in [-0.2, 0) is 7.05 Å². The van der Waals surface area contributed by atoms with Gasteiger partial charge in [0.25, 0.3) is 0 Å².